The fraction of sp³-hybridized carbons (Fsp3) is 0.238. The monoisotopic (exact) mass is 399 g/mol. The van der Waals surface area contributed by atoms with E-state index in [1.165, 1.54) is 20.1 Å². The molecule has 1 aromatic heterocycles. The molecule has 0 saturated carbocycles. The number of ether oxygens (including phenoxy) is 1. The summed E-state index contributed by atoms with van der Waals surface area (Å²) in [6.07, 6.45) is 3.68. The molecule has 1 heterocycles. The van der Waals surface area contributed by atoms with Gasteiger partial charge in [0, 0.05) is 27.6 Å². The van der Waals surface area contributed by atoms with Crippen molar-refractivity contribution < 1.29 is 23.8 Å². The van der Waals surface area contributed by atoms with Crippen LogP contribution in [0.2, 0.25) is 0 Å². The smallest absolute Gasteiger partial charge is 0.347 e. The van der Waals surface area contributed by atoms with Crippen LogP contribution in [0.5, 0.6) is 5.75 Å². The molecule has 2 aromatic carbocycles. The maximum absolute atomic E-state index is 12.4. The molecule has 0 atom stereocenters. The number of rotatable bonds is 7. The summed E-state index contributed by atoms with van der Waals surface area (Å²) >= 11 is 1.61. The third-order valence-corrected chi connectivity index (χ3v) is 4.95. The maximum Gasteiger partial charge on any atom is 0.347 e. The predicted molar refractivity (Wildman–Crippen MR) is 109 cm³/mol. The van der Waals surface area contributed by atoms with E-state index in [1.54, 1.807) is 30.0 Å². The van der Waals surface area contributed by atoms with Gasteiger partial charge < -0.3 is 19.6 Å². The second kappa shape index (κ2) is 7.98. The molecule has 1 amide bonds. The minimum absolute atomic E-state index is 0.145. The molecule has 3 rings (SSSR count). The average Bonchev–Trinajstić information content (AvgIpc) is 3.03. The summed E-state index contributed by atoms with van der Waals surface area (Å²) in [5.74, 6) is -0.817. The molecule has 0 spiro atoms. The number of nitrogens with one attached hydrogen (secondary N) is 1. The quantitative estimate of drug-likeness (QED) is 0.566. The third kappa shape index (κ3) is 4.48. The molecule has 0 unspecified atom stereocenters. The molecular formula is C21H21NO5S. The minimum atomic E-state index is -1.35. The van der Waals surface area contributed by atoms with Gasteiger partial charge in [0.2, 0.25) is 5.91 Å². The van der Waals surface area contributed by atoms with Crippen LogP contribution >= 0.6 is 11.8 Å². The van der Waals surface area contributed by atoms with Crippen molar-refractivity contribution in [3.05, 3.63) is 54.3 Å². The Morgan fingerprint density at radius 3 is 2.71 bits per heavy atom. The molecule has 146 valence electrons. The number of carbonyl (C=O) groups excluding carboxylic acids is 1. The van der Waals surface area contributed by atoms with E-state index in [1.807, 2.05) is 30.5 Å². The first-order valence-electron chi connectivity index (χ1n) is 8.65. The van der Waals surface area contributed by atoms with Gasteiger partial charge >= 0.3 is 5.97 Å². The Hall–Kier alpha value is -2.93. The number of hydrogen-bond acceptors (Lipinski definition) is 5. The summed E-state index contributed by atoms with van der Waals surface area (Å²) in [4.78, 5) is 24.7. The molecule has 28 heavy (non-hydrogen) atoms. The van der Waals surface area contributed by atoms with E-state index in [0.717, 1.165) is 21.5 Å². The number of furan rings is 1. The lowest BCUT2D eigenvalue weighted by molar-refractivity contribution is -0.152. The zero-order chi connectivity index (χ0) is 20.3. The van der Waals surface area contributed by atoms with Gasteiger partial charge in [0.1, 0.15) is 11.3 Å². The Bertz CT molecular complexity index is 1020. The molecule has 0 bridgehead atoms. The Balaban J connectivity index is 1.73. The lowest BCUT2D eigenvalue weighted by Crippen LogP contribution is -2.37. The lowest BCUT2D eigenvalue weighted by atomic mass is 10.1. The van der Waals surface area contributed by atoms with E-state index in [4.69, 9.17) is 9.15 Å². The van der Waals surface area contributed by atoms with Crippen molar-refractivity contribution in [3.8, 4) is 5.75 Å². The summed E-state index contributed by atoms with van der Waals surface area (Å²) in [6, 6.07) is 12.7. The van der Waals surface area contributed by atoms with E-state index in [9.17, 15) is 14.7 Å². The number of hydrogen-bond donors (Lipinski definition) is 2. The van der Waals surface area contributed by atoms with Gasteiger partial charge in [-0.25, -0.2) is 4.79 Å². The second-order valence-corrected chi connectivity index (χ2v) is 7.67. The van der Waals surface area contributed by atoms with Crippen LogP contribution < -0.4 is 10.1 Å². The van der Waals surface area contributed by atoms with Crippen molar-refractivity contribution in [2.75, 3.05) is 11.6 Å². The largest absolute Gasteiger partial charge is 0.478 e. The molecule has 2 N–H and O–H groups in total. The van der Waals surface area contributed by atoms with Crippen LogP contribution in [0.25, 0.3) is 11.0 Å². The Morgan fingerprint density at radius 2 is 2.00 bits per heavy atom. The number of aliphatic carboxylic acids is 1. The summed E-state index contributed by atoms with van der Waals surface area (Å²) < 4.78 is 11.1. The number of carboxylic acid groups (broad SMARTS) is 1. The number of carbonyl (C=O) groups is 2. The Labute approximate surface area is 166 Å². The molecule has 7 heteroatoms. The van der Waals surface area contributed by atoms with Gasteiger partial charge in [-0.2, -0.15) is 0 Å². The van der Waals surface area contributed by atoms with E-state index in [2.05, 4.69) is 5.32 Å². The first-order chi connectivity index (χ1) is 13.3. The predicted octanol–water partition coefficient (Wildman–Crippen LogP) is 4.58. The number of amides is 1. The molecule has 0 aliphatic heterocycles. The van der Waals surface area contributed by atoms with Crippen LogP contribution in [0, 0.1) is 0 Å². The van der Waals surface area contributed by atoms with Crippen molar-refractivity contribution in [2.45, 2.75) is 30.8 Å². The highest BCUT2D eigenvalue weighted by Crippen LogP contribution is 2.28. The van der Waals surface area contributed by atoms with Gasteiger partial charge in [-0.1, -0.05) is 6.07 Å². The van der Waals surface area contributed by atoms with Crippen LogP contribution in [0.4, 0.5) is 5.69 Å². The van der Waals surface area contributed by atoms with Gasteiger partial charge in [-0.15, -0.1) is 11.8 Å². The van der Waals surface area contributed by atoms with Crippen LogP contribution in [0.3, 0.4) is 0 Å². The zero-order valence-corrected chi connectivity index (χ0v) is 16.6. The van der Waals surface area contributed by atoms with Crippen molar-refractivity contribution in [1.29, 1.82) is 0 Å². The maximum atomic E-state index is 12.4. The standard InChI is InChI=1S/C21H21NO5S/c1-21(2,20(24)25)27-15-7-8-17-13(12-26-18(17)11-15)9-19(23)22-14-5-4-6-16(10-14)28-3/h4-8,10-12H,9H2,1-3H3,(H,22,23)(H,24,25). The van der Waals surface area contributed by atoms with Crippen molar-refractivity contribution in [2.24, 2.45) is 0 Å². The number of anilines is 1. The highest BCUT2D eigenvalue weighted by molar-refractivity contribution is 7.98. The van der Waals surface area contributed by atoms with Gasteiger partial charge in [0.15, 0.2) is 5.60 Å². The van der Waals surface area contributed by atoms with Crippen LogP contribution in [-0.4, -0.2) is 28.8 Å². The van der Waals surface area contributed by atoms with Crippen molar-refractivity contribution >= 4 is 40.3 Å². The molecule has 3 aromatic rings. The molecular weight excluding hydrogens is 378 g/mol. The SMILES string of the molecule is CSc1cccc(NC(=O)Cc2coc3cc(OC(C)(C)C(=O)O)ccc23)c1. The number of fused-ring (bicyclic) bond motifs is 1. The fourth-order valence-corrected chi connectivity index (χ4v) is 3.14. The highest BCUT2D eigenvalue weighted by atomic mass is 32.2. The van der Waals surface area contributed by atoms with Crippen LogP contribution in [0.1, 0.15) is 19.4 Å². The van der Waals surface area contributed by atoms with E-state index in [0.29, 0.717) is 11.3 Å². The normalized spacial score (nSPS) is 11.4. The summed E-state index contributed by atoms with van der Waals surface area (Å²) in [5, 5.41) is 12.9. The Morgan fingerprint density at radius 1 is 1.21 bits per heavy atom. The molecule has 0 fully saturated rings. The summed E-state index contributed by atoms with van der Waals surface area (Å²) in [5.41, 5.74) is 0.675. The van der Waals surface area contributed by atoms with E-state index < -0.39 is 11.6 Å². The Kier molecular flexibility index (Phi) is 5.65. The fourth-order valence-electron chi connectivity index (χ4n) is 2.68. The molecule has 0 aliphatic rings. The van der Waals surface area contributed by atoms with E-state index in [-0.39, 0.29) is 12.3 Å². The highest BCUT2D eigenvalue weighted by Gasteiger charge is 2.29. The van der Waals surface area contributed by atoms with Crippen molar-refractivity contribution in [1.82, 2.24) is 0 Å². The lowest BCUT2D eigenvalue weighted by Gasteiger charge is -2.21. The molecule has 6 nitrogen and oxygen atoms in total. The number of carboxylic acids is 1. The number of benzene rings is 2. The molecule has 0 aliphatic carbocycles. The first kappa shape index (κ1) is 19.8. The van der Waals surface area contributed by atoms with Gasteiger partial charge in [-0.3, -0.25) is 4.79 Å². The topological polar surface area (TPSA) is 88.8 Å². The van der Waals surface area contributed by atoms with Gasteiger partial charge in [0.25, 0.3) is 0 Å². The zero-order valence-electron chi connectivity index (χ0n) is 15.8. The minimum Gasteiger partial charge on any atom is -0.478 e. The van der Waals surface area contributed by atoms with E-state index >= 15 is 0 Å². The van der Waals surface area contributed by atoms with Gasteiger partial charge in [-0.05, 0) is 50.4 Å². The van der Waals surface area contributed by atoms with Crippen molar-refractivity contribution in [3.63, 3.8) is 0 Å². The van der Waals surface area contributed by atoms with Crippen LogP contribution in [-0.2, 0) is 16.0 Å². The summed E-state index contributed by atoms with van der Waals surface area (Å²) in [7, 11) is 0. The summed E-state index contributed by atoms with van der Waals surface area (Å²) in [6.45, 7) is 2.95. The average molecular weight is 399 g/mol. The third-order valence-electron chi connectivity index (χ3n) is 4.22. The van der Waals surface area contributed by atoms with Crippen LogP contribution in [0.15, 0.2) is 58.0 Å². The first-order valence-corrected chi connectivity index (χ1v) is 9.87. The number of thioether (sulfide) groups is 1. The molecule has 0 radical (unpaired) electrons. The van der Waals surface area contributed by atoms with Gasteiger partial charge in [0.05, 0.1) is 12.7 Å². The molecule has 0 saturated heterocycles. The second-order valence-electron chi connectivity index (χ2n) is 6.79.